The van der Waals surface area contributed by atoms with Crippen molar-refractivity contribution in [2.75, 3.05) is 13.7 Å². The van der Waals surface area contributed by atoms with E-state index in [-0.39, 0.29) is 12.4 Å². The fourth-order valence-corrected chi connectivity index (χ4v) is 2.37. The van der Waals surface area contributed by atoms with E-state index in [1.807, 2.05) is 13.0 Å². The number of hydrogen-bond donors (Lipinski definition) is 0. The van der Waals surface area contributed by atoms with Crippen LogP contribution < -0.4 is 9.47 Å². The summed E-state index contributed by atoms with van der Waals surface area (Å²) in [7, 11) is 1.53. The average molecular weight is 325 g/mol. The zero-order chi connectivity index (χ0) is 15.4. The van der Waals surface area contributed by atoms with Crippen molar-refractivity contribution in [1.82, 2.24) is 0 Å². The van der Waals surface area contributed by atoms with E-state index in [1.165, 1.54) is 7.11 Å². The Labute approximate surface area is 133 Å². The predicted octanol–water partition coefficient (Wildman–Crippen LogP) is 4.57. The monoisotopic (exact) mass is 324 g/mol. The molecule has 0 saturated heterocycles. The molecule has 0 aliphatic heterocycles. The van der Waals surface area contributed by atoms with Crippen molar-refractivity contribution in [1.29, 1.82) is 0 Å². The molecule has 2 rings (SSSR count). The lowest BCUT2D eigenvalue weighted by Gasteiger charge is -2.11. The number of rotatable bonds is 5. The molecule has 3 nitrogen and oxygen atoms in total. The molecule has 0 heterocycles. The first kappa shape index (κ1) is 15.7. The van der Waals surface area contributed by atoms with Crippen LogP contribution in [0.2, 0.25) is 10.0 Å². The van der Waals surface area contributed by atoms with Crippen molar-refractivity contribution in [3.63, 3.8) is 0 Å². The normalized spacial score (nSPS) is 10.3. The van der Waals surface area contributed by atoms with Crippen LogP contribution in [-0.4, -0.2) is 19.5 Å². The maximum Gasteiger partial charge on any atom is 0.203 e. The topological polar surface area (TPSA) is 35.5 Å². The van der Waals surface area contributed by atoms with Crippen LogP contribution in [0.25, 0.3) is 0 Å². The first-order chi connectivity index (χ1) is 10.0. The van der Waals surface area contributed by atoms with Gasteiger partial charge >= 0.3 is 0 Å². The lowest BCUT2D eigenvalue weighted by molar-refractivity contribution is 0.0918. The summed E-state index contributed by atoms with van der Waals surface area (Å²) in [6.07, 6.45) is 0. The lowest BCUT2D eigenvalue weighted by atomic mass is 10.1. The van der Waals surface area contributed by atoms with Gasteiger partial charge in [-0.05, 0) is 36.8 Å². The zero-order valence-corrected chi connectivity index (χ0v) is 13.2. The van der Waals surface area contributed by atoms with Gasteiger partial charge in [-0.3, -0.25) is 4.79 Å². The third kappa shape index (κ3) is 3.69. The summed E-state index contributed by atoms with van der Waals surface area (Å²) >= 11 is 12.0. The number of ketones is 1. The number of carbonyl (C=O) groups excluding carboxylic acids is 1. The molecule has 0 radical (unpaired) electrons. The molecular weight excluding hydrogens is 311 g/mol. The van der Waals surface area contributed by atoms with Crippen molar-refractivity contribution in [2.24, 2.45) is 0 Å². The molecule has 110 valence electrons. The number of Topliss-reactive ketones (excluding diaryl/α,β-unsaturated/α-hetero) is 1. The number of aryl methyl sites for hydroxylation is 1. The number of hydrogen-bond acceptors (Lipinski definition) is 3. The van der Waals surface area contributed by atoms with Crippen molar-refractivity contribution >= 4 is 29.0 Å². The number of halogens is 2. The van der Waals surface area contributed by atoms with E-state index in [0.717, 1.165) is 5.56 Å². The maximum absolute atomic E-state index is 12.2. The number of carbonyl (C=O) groups is 1. The fraction of sp³-hybridized carbons (Fsp3) is 0.188. The molecule has 0 aliphatic rings. The maximum atomic E-state index is 12.2. The number of para-hydroxylation sites is 1. The van der Waals surface area contributed by atoms with E-state index in [9.17, 15) is 4.79 Å². The Balaban J connectivity index is 2.16. The summed E-state index contributed by atoms with van der Waals surface area (Å²) in [6, 6.07) is 10.4. The highest BCUT2D eigenvalue weighted by atomic mass is 35.5. The molecular formula is C16H14Cl2O3. The molecule has 2 aromatic carbocycles. The minimum Gasteiger partial charge on any atom is -0.496 e. The Bertz CT molecular complexity index is 648. The third-order valence-electron chi connectivity index (χ3n) is 2.92. The molecule has 0 aromatic heterocycles. The molecule has 2 aromatic rings. The average Bonchev–Trinajstić information content (AvgIpc) is 2.46. The summed E-state index contributed by atoms with van der Waals surface area (Å²) < 4.78 is 10.7. The smallest absolute Gasteiger partial charge is 0.203 e. The van der Waals surface area contributed by atoms with Crippen LogP contribution in [0.1, 0.15) is 15.9 Å². The van der Waals surface area contributed by atoms with Gasteiger partial charge in [-0.1, -0.05) is 35.3 Å². The highest BCUT2D eigenvalue weighted by molar-refractivity contribution is 6.37. The van der Waals surface area contributed by atoms with Gasteiger partial charge in [0.15, 0.2) is 12.4 Å². The van der Waals surface area contributed by atoms with E-state index >= 15 is 0 Å². The van der Waals surface area contributed by atoms with Crippen molar-refractivity contribution < 1.29 is 14.3 Å². The van der Waals surface area contributed by atoms with Crippen LogP contribution in [-0.2, 0) is 0 Å². The molecule has 0 unspecified atom stereocenters. The van der Waals surface area contributed by atoms with E-state index in [1.54, 1.807) is 30.3 Å². The quantitative estimate of drug-likeness (QED) is 0.755. The Hall–Kier alpha value is -1.71. The van der Waals surface area contributed by atoms with E-state index in [4.69, 9.17) is 32.7 Å². The van der Waals surface area contributed by atoms with Gasteiger partial charge in [-0.15, -0.1) is 0 Å². The van der Waals surface area contributed by atoms with Gasteiger partial charge in [0.2, 0.25) is 5.78 Å². The Kier molecular flexibility index (Phi) is 5.10. The van der Waals surface area contributed by atoms with Gasteiger partial charge in [0, 0.05) is 0 Å². The molecule has 0 bridgehead atoms. The summed E-state index contributed by atoms with van der Waals surface area (Å²) in [6.45, 7) is 1.76. The van der Waals surface area contributed by atoms with Crippen LogP contribution in [0.3, 0.4) is 0 Å². The predicted molar refractivity (Wildman–Crippen MR) is 84.0 cm³/mol. The van der Waals surface area contributed by atoms with Crippen LogP contribution in [0.5, 0.6) is 11.5 Å². The van der Waals surface area contributed by atoms with E-state index in [2.05, 4.69) is 0 Å². The Morgan fingerprint density at radius 3 is 2.43 bits per heavy atom. The van der Waals surface area contributed by atoms with Crippen LogP contribution in [0.15, 0.2) is 36.4 Å². The molecule has 0 spiro atoms. The van der Waals surface area contributed by atoms with Gasteiger partial charge in [0.25, 0.3) is 0 Å². The van der Waals surface area contributed by atoms with E-state index < -0.39 is 0 Å². The zero-order valence-electron chi connectivity index (χ0n) is 11.7. The van der Waals surface area contributed by atoms with Gasteiger partial charge < -0.3 is 9.47 Å². The first-order valence-electron chi connectivity index (χ1n) is 6.27. The molecule has 5 heteroatoms. The van der Waals surface area contributed by atoms with Crippen LogP contribution >= 0.6 is 23.2 Å². The van der Waals surface area contributed by atoms with Crippen molar-refractivity contribution in [3.8, 4) is 11.5 Å². The minimum atomic E-state index is -0.206. The standard InChI is InChI=1S/C16H14Cl2O3/c1-10-6-7-11(15(8-10)20-2)14(19)9-21-16-12(17)4-3-5-13(16)18/h3-8H,9H2,1-2H3. The van der Waals surface area contributed by atoms with Gasteiger partial charge in [-0.25, -0.2) is 0 Å². The van der Waals surface area contributed by atoms with Gasteiger partial charge in [0.1, 0.15) is 5.75 Å². The van der Waals surface area contributed by atoms with E-state index in [0.29, 0.717) is 27.1 Å². The highest BCUT2D eigenvalue weighted by Crippen LogP contribution is 2.32. The second kappa shape index (κ2) is 6.83. The number of ether oxygens (including phenoxy) is 2. The summed E-state index contributed by atoms with van der Waals surface area (Å²) in [5, 5.41) is 0.734. The molecule has 0 amide bonds. The molecule has 0 fully saturated rings. The number of methoxy groups -OCH3 is 1. The van der Waals surface area contributed by atoms with Crippen LogP contribution in [0, 0.1) is 6.92 Å². The lowest BCUT2D eigenvalue weighted by Crippen LogP contribution is -2.13. The molecule has 0 atom stereocenters. The second-order valence-electron chi connectivity index (χ2n) is 4.47. The summed E-state index contributed by atoms with van der Waals surface area (Å²) in [5.74, 6) is 0.622. The summed E-state index contributed by atoms with van der Waals surface area (Å²) in [4.78, 5) is 12.2. The molecule has 0 N–H and O–H groups in total. The first-order valence-corrected chi connectivity index (χ1v) is 7.03. The second-order valence-corrected chi connectivity index (χ2v) is 5.28. The molecule has 0 saturated carbocycles. The minimum absolute atomic E-state index is 0.164. The Morgan fingerprint density at radius 1 is 1.14 bits per heavy atom. The Morgan fingerprint density at radius 2 is 1.81 bits per heavy atom. The summed E-state index contributed by atoms with van der Waals surface area (Å²) in [5.41, 5.74) is 1.48. The third-order valence-corrected chi connectivity index (χ3v) is 3.52. The number of benzene rings is 2. The molecule has 0 aliphatic carbocycles. The van der Waals surface area contributed by atoms with Crippen molar-refractivity contribution in [2.45, 2.75) is 6.92 Å². The van der Waals surface area contributed by atoms with Gasteiger partial charge in [0.05, 0.1) is 22.7 Å². The van der Waals surface area contributed by atoms with Crippen molar-refractivity contribution in [3.05, 3.63) is 57.6 Å². The van der Waals surface area contributed by atoms with Gasteiger partial charge in [-0.2, -0.15) is 0 Å². The molecule has 21 heavy (non-hydrogen) atoms. The van der Waals surface area contributed by atoms with Crippen LogP contribution in [0.4, 0.5) is 0 Å². The fourth-order valence-electron chi connectivity index (χ4n) is 1.86. The largest absolute Gasteiger partial charge is 0.496 e. The highest BCUT2D eigenvalue weighted by Gasteiger charge is 2.15. The SMILES string of the molecule is COc1cc(C)ccc1C(=O)COc1c(Cl)cccc1Cl.